The van der Waals surface area contributed by atoms with Crippen LogP contribution in [0.1, 0.15) is 16.0 Å². The summed E-state index contributed by atoms with van der Waals surface area (Å²) in [5, 5.41) is 3.01. The maximum Gasteiger partial charge on any atom is 0.112 e. The van der Waals surface area contributed by atoms with Crippen molar-refractivity contribution in [3.05, 3.63) is 56.7 Å². The van der Waals surface area contributed by atoms with Crippen molar-refractivity contribution < 1.29 is 4.90 Å². The number of quaternary nitrogens is 1. The van der Waals surface area contributed by atoms with Crippen molar-refractivity contribution in [3.63, 3.8) is 0 Å². The molecule has 86 valence electrons. The smallest absolute Gasteiger partial charge is 0.112 e. The molecule has 0 radical (unpaired) electrons. The molecule has 1 aliphatic heterocycles. The minimum atomic E-state index is 0.812. The van der Waals surface area contributed by atoms with Crippen molar-refractivity contribution in [3.8, 4) is 0 Å². The Bertz CT molecular complexity index is 520. The Hall–Kier alpha value is -1.01. The van der Waals surface area contributed by atoms with Gasteiger partial charge in [0.25, 0.3) is 0 Å². The number of hydrogen-bond acceptors (Lipinski definition) is 1. The minimum absolute atomic E-state index is 0.812. The molecule has 0 aliphatic carbocycles. The highest BCUT2D eigenvalue weighted by Crippen LogP contribution is 2.18. The topological polar surface area (TPSA) is 4.44 Å². The summed E-state index contributed by atoms with van der Waals surface area (Å²) in [6, 6.07) is 12.1. The Morgan fingerprint density at radius 1 is 1.41 bits per heavy atom. The molecule has 0 amide bonds. The second kappa shape index (κ2) is 4.70. The third-order valence-electron chi connectivity index (χ3n) is 3.23. The van der Waals surface area contributed by atoms with Gasteiger partial charge in [0.2, 0.25) is 0 Å². The van der Waals surface area contributed by atoms with Gasteiger partial charge in [-0.15, -0.1) is 11.3 Å². The zero-order chi connectivity index (χ0) is 11.7. The van der Waals surface area contributed by atoms with Crippen LogP contribution in [0.15, 0.2) is 23.6 Å². The van der Waals surface area contributed by atoms with Gasteiger partial charge in [0.05, 0.1) is 17.1 Å². The Morgan fingerprint density at radius 3 is 3.24 bits per heavy atom. The lowest BCUT2D eigenvalue weighted by Gasteiger charge is -2.23. The van der Waals surface area contributed by atoms with Gasteiger partial charge in [-0.3, -0.25) is 0 Å². The first-order valence-electron chi connectivity index (χ1n) is 5.78. The molecule has 2 aromatic rings. The van der Waals surface area contributed by atoms with E-state index in [1.807, 2.05) is 23.5 Å². The van der Waals surface area contributed by atoms with Crippen LogP contribution in [-0.2, 0) is 19.5 Å². The molecular weight excluding hydrogens is 250 g/mol. The van der Waals surface area contributed by atoms with Crippen molar-refractivity contribution in [1.29, 1.82) is 0 Å². The van der Waals surface area contributed by atoms with Gasteiger partial charge in [-0.25, -0.2) is 0 Å². The second-order valence-electron chi connectivity index (χ2n) is 4.40. The van der Waals surface area contributed by atoms with Crippen LogP contribution >= 0.6 is 22.9 Å². The number of fused-ring (bicyclic) bond motifs is 1. The van der Waals surface area contributed by atoms with Crippen LogP contribution in [0.2, 0.25) is 5.02 Å². The summed E-state index contributed by atoms with van der Waals surface area (Å²) in [5.41, 5.74) is 2.59. The summed E-state index contributed by atoms with van der Waals surface area (Å²) in [5.74, 6) is 0. The summed E-state index contributed by atoms with van der Waals surface area (Å²) in [4.78, 5) is 3.12. The van der Waals surface area contributed by atoms with Crippen LogP contribution in [0.4, 0.5) is 0 Å². The molecule has 1 nitrogen and oxygen atoms in total. The van der Waals surface area contributed by atoms with E-state index in [2.05, 4.69) is 23.6 Å². The van der Waals surface area contributed by atoms with E-state index >= 15 is 0 Å². The molecule has 0 saturated carbocycles. The standard InChI is InChI=1S/C14H12ClNS/c15-13-4-2-1-3-11(13)9-16-7-5-14-12(10-16)6-8-17-14/h2,4,6,8H,5,7,9-10H2/p+1. The van der Waals surface area contributed by atoms with Gasteiger partial charge >= 0.3 is 0 Å². The SMILES string of the molecule is Clc1ccc#cc1C[NH+]1CCc2sccc2C1. The molecule has 1 aromatic heterocycles. The molecule has 0 saturated heterocycles. The first kappa shape index (κ1) is 11.1. The van der Waals surface area contributed by atoms with Gasteiger partial charge in [0.1, 0.15) is 13.1 Å². The van der Waals surface area contributed by atoms with E-state index in [-0.39, 0.29) is 0 Å². The van der Waals surface area contributed by atoms with Crippen molar-refractivity contribution in [2.24, 2.45) is 0 Å². The monoisotopic (exact) mass is 262 g/mol. The normalized spacial score (nSPS) is 18.5. The van der Waals surface area contributed by atoms with Gasteiger partial charge in [0.15, 0.2) is 0 Å². The van der Waals surface area contributed by atoms with Crippen LogP contribution < -0.4 is 4.90 Å². The number of rotatable bonds is 2. The molecule has 0 spiro atoms. The molecule has 2 heterocycles. The van der Waals surface area contributed by atoms with Gasteiger partial charge in [-0.1, -0.05) is 23.7 Å². The summed E-state index contributed by atoms with van der Waals surface area (Å²) in [6.07, 6.45) is 1.19. The number of nitrogens with one attached hydrogen (secondary N) is 1. The fraction of sp³-hybridized carbons (Fsp3) is 0.286. The van der Waals surface area contributed by atoms with Crippen LogP contribution in [0.25, 0.3) is 0 Å². The Labute approximate surface area is 111 Å². The average molecular weight is 263 g/mol. The summed E-state index contributed by atoms with van der Waals surface area (Å²) in [6.45, 7) is 3.25. The van der Waals surface area contributed by atoms with Crippen LogP contribution in [0.5, 0.6) is 0 Å². The fourth-order valence-electron chi connectivity index (χ4n) is 2.33. The molecule has 0 bridgehead atoms. The molecule has 3 rings (SSSR count). The maximum absolute atomic E-state index is 6.16. The van der Waals surface area contributed by atoms with E-state index < -0.39 is 0 Å². The second-order valence-corrected chi connectivity index (χ2v) is 5.81. The highest BCUT2D eigenvalue weighted by Gasteiger charge is 2.21. The van der Waals surface area contributed by atoms with Gasteiger partial charge in [-0.05, 0) is 23.6 Å². The minimum Gasteiger partial charge on any atom is -0.327 e. The third-order valence-corrected chi connectivity index (χ3v) is 4.61. The Morgan fingerprint density at radius 2 is 2.35 bits per heavy atom. The lowest BCUT2D eigenvalue weighted by atomic mass is 10.1. The van der Waals surface area contributed by atoms with E-state index in [1.165, 1.54) is 18.5 Å². The Balaban J connectivity index is 1.74. The van der Waals surface area contributed by atoms with Crippen LogP contribution in [0, 0.1) is 12.1 Å². The van der Waals surface area contributed by atoms with Crippen molar-refractivity contribution in [1.82, 2.24) is 0 Å². The summed E-state index contributed by atoms with van der Waals surface area (Å²) >= 11 is 8.04. The highest BCUT2D eigenvalue weighted by molar-refractivity contribution is 7.10. The first-order valence-corrected chi connectivity index (χ1v) is 7.04. The molecule has 0 fully saturated rings. The highest BCUT2D eigenvalue weighted by atomic mass is 35.5. The fourth-order valence-corrected chi connectivity index (χ4v) is 3.41. The predicted octanol–water partition coefficient (Wildman–Crippen LogP) is 2.14. The summed E-state index contributed by atoms with van der Waals surface area (Å²) < 4.78 is 0. The van der Waals surface area contributed by atoms with Crippen molar-refractivity contribution >= 4 is 22.9 Å². The van der Waals surface area contributed by atoms with Crippen molar-refractivity contribution in [2.75, 3.05) is 6.54 Å². The summed E-state index contributed by atoms with van der Waals surface area (Å²) in [7, 11) is 0. The molecule has 1 unspecified atom stereocenters. The van der Waals surface area contributed by atoms with E-state index in [0.717, 1.165) is 23.7 Å². The third kappa shape index (κ3) is 2.32. The largest absolute Gasteiger partial charge is 0.327 e. The van der Waals surface area contributed by atoms with Gasteiger partial charge in [-0.2, -0.15) is 0 Å². The van der Waals surface area contributed by atoms with E-state index in [9.17, 15) is 0 Å². The molecule has 1 aromatic carbocycles. The lowest BCUT2D eigenvalue weighted by molar-refractivity contribution is -0.929. The number of halogens is 1. The molecule has 3 heteroatoms. The van der Waals surface area contributed by atoms with E-state index in [0.29, 0.717) is 0 Å². The molecular formula is C14H13ClNS+. The van der Waals surface area contributed by atoms with Crippen LogP contribution in [0.3, 0.4) is 0 Å². The number of hydrogen-bond donors (Lipinski definition) is 1. The molecule has 1 aliphatic rings. The average Bonchev–Trinajstić information content (AvgIpc) is 2.79. The van der Waals surface area contributed by atoms with E-state index in [4.69, 9.17) is 11.6 Å². The zero-order valence-electron chi connectivity index (χ0n) is 9.42. The molecule has 1 atom stereocenters. The van der Waals surface area contributed by atoms with Crippen molar-refractivity contribution in [2.45, 2.75) is 19.5 Å². The molecule has 17 heavy (non-hydrogen) atoms. The lowest BCUT2D eigenvalue weighted by Crippen LogP contribution is -3.10. The quantitative estimate of drug-likeness (QED) is 0.846. The van der Waals surface area contributed by atoms with Gasteiger partial charge in [0, 0.05) is 16.9 Å². The molecule has 1 N–H and O–H groups in total. The van der Waals surface area contributed by atoms with E-state index in [1.54, 1.807) is 9.78 Å². The van der Waals surface area contributed by atoms with Crippen LogP contribution in [-0.4, -0.2) is 6.54 Å². The maximum atomic E-state index is 6.16. The number of thiophene rings is 1. The predicted molar refractivity (Wildman–Crippen MR) is 70.4 cm³/mol. The zero-order valence-corrected chi connectivity index (χ0v) is 11.0. The Kier molecular flexibility index (Phi) is 3.07. The first-order chi connectivity index (χ1) is 8.33. The van der Waals surface area contributed by atoms with Gasteiger partial charge < -0.3 is 4.90 Å².